The highest BCUT2D eigenvalue weighted by molar-refractivity contribution is 9.10. The molecule has 1 amide bonds. The van der Waals surface area contributed by atoms with Crippen molar-refractivity contribution in [3.05, 3.63) is 51.7 Å². The fraction of sp³-hybridized carbons (Fsp3) is 0.278. The molecule has 25 heavy (non-hydrogen) atoms. The highest BCUT2D eigenvalue weighted by atomic mass is 79.9. The zero-order chi connectivity index (χ0) is 18.4. The van der Waals surface area contributed by atoms with Crippen LogP contribution in [0.15, 0.2) is 34.8 Å². The van der Waals surface area contributed by atoms with E-state index >= 15 is 0 Å². The third-order valence-corrected chi connectivity index (χ3v) is 4.39. The molecule has 0 fully saturated rings. The molecule has 0 aliphatic carbocycles. The van der Waals surface area contributed by atoms with Crippen LogP contribution in [0, 0.1) is 5.82 Å². The molecule has 0 aromatic heterocycles. The minimum absolute atomic E-state index is 0.0211. The van der Waals surface area contributed by atoms with E-state index in [2.05, 4.69) is 21.2 Å². The Labute approximate surface area is 154 Å². The maximum atomic E-state index is 13.9. The Hall–Kier alpha value is -2.28. The summed E-state index contributed by atoms with van der Waals surface area (Å²) < 4.78 is 30.2. The Morgan fingerprint density at radius 3 is 2.36 bits per heavy atom. The van der Waals surface area contributed by atoms with Crippen molar-refractivity contribution in [2.45, 2.75) is 6.42 Å². The van der Waals surface area contributed by atoms with Crippen molar-refractivity contribution >= 4 is 21.8 Å². The summed E-state index contributed by atoms with van der Waals surface area (Å²) in [6, 6.07) is 7.76. The Morgan fingerprint density at radius 1 is 1.08 bits per heavy atom. The molecular formula is C18H19BrFNO4. The van der Waals surface area contributed by atoms with Gasteiger partial charge in [-0.3, -0.25) is 4.79 Å². The quantitative estimate of drug-likeness (QED) is 0.756. The van der Waals surface area contributed by atoms with Gasteiger partial charge in [0.05, 0.1) is 26.9 Å². The van der Waals surface area contributed by atoms with E-state index in [0.717, 1.165) is 10.0 Å². The highest BCUT2D eigenvalue weighted by Crippen LogP contribution is 2.33. The largest absolute Gasteiger partial charge is 0.497 e. The molecule has 2 aromatic rings. The minimum atomic E-state index is -0.621. The van der Waals surface area contributed by atoms with Gasteiger partial charge in [-0.2, -0.15) is 0 Å². The molecule has 134 valence electrons. The van der Waals surface area contributed by atoms with Crippen LogP contribution in [-0.4, -0.2) is 33.8 Å². The summed E-state index contributed by atoms with van der Waals surface area (Å²) in [5.41, 5.74) is 0.917. The van der Waals surface area contributed by atoms with Crippen molar-refractivity contribution in [2.24, 2.45) is 0 Å². The van der Waals surface area contributed by atoms with E-state index in [-0.39, 0.29) is 5.56 Å². The maximum Gasteiger partial charge on any atom is 0.254 e. The highest BCUT2D eigenvalue weighted by Gasteiger charge is 2.13. The first-order chi connectivity index (χ1) is 12.0. The monoisotopic (exact) mass is 411 g/mol. The molecule has 2 rings (SSSR count). The second kappa shape index (κ2) is 8.71. The van der Waals surface area contributed by atoms with Crippen LogP contribution in [0.4, 0.5) is 4.39 Å². The number of rotatable bonds is 7. The number of amides is 1. The van der Waals surface area contributed by atoms with Crippen LogP contribution in [-0.2, 0) is 6.42 Å². The van der Waals surface area contributed by atoms with Crippen molar-refractivity contribution in [3.8, 4) is 17.2 Å². The van der Waals surface area contributed by atoms with Gasteiger partial charge in [0.15, 0.2) is 11.5 Å². The molecule has 0 heterocycles. The fourth-order valence-corrected chi connectivity index (χ4v) is 2.82. The van der Waals surface area contributed by atoms with E-state index in [1.165, 1.54) is 19.2 Å². The number of halogens is 2. The fourth-order valence-electron chi connectivity index (χ4n) is 2.30. The molecule has 2 aromatic carbocycles. The standard InChI is InChI=1S/C18H19BrFNO4/c1-23-12-4-5-13(15(20)9-12)18(22)21-7-6-11-8-16(24-2)17(25-3)10-14(11)19/h4-5,8-10H,6-7H2,1-3H3,(H,21,22). The minimum Gasteiger partial charge on any atom is -0.497 e. The third-order valence-electron chi connectivity index (χ3n) is 3.65. The van der Waals surface area contributed by atoms with Gasteiger partial charge in [-0.15, -0.1) is 0 Å². The Balaban J connectivity index is 2.02. The average Bonchev–Trinajstić information content (AvgIpc) is 2.62. The first kappa shape index (κ1) is 19.1. The number of carbonyl (C=O) groups excluding carboxylic acids is 1. The van der Waals surface area contributed by atoms with E-state index in [9.17, 15) is 9.18 Å². The van der Waals surface area contributed by atoms with Gasteiger partial charge in [0.25, 0.3) is 5.91 Å². The Kier molecular flexibility index (Phi) is 6.64. The first-order valence-electron chi connectivity index (χ1n) is 7.52. The van der Waals surface area contributed by atoms with E-state index < -0.39 is 11.7 Å². The molecule has 0 saturated carbocycles. The number of carbonyl (C=O) groups is 1. The second-order valence-electron chi connectivity index (χ2n) is 5.15. The first-order valence-corrected chi connectivity index (χ1v) is 8.31. The molecule has 5 nitrogen and oxygen atoms in total. The molecule has 0 spiro atoms. The molecule has 7 heteroatoms. The SMILES string of the molecule is COc1ccc(C(=O)NCCc2cc(OC)c(OC)cc2Br)c(F)c1. The van der Waals surface area contributed by atoms with Crippen molar-refractivity contribution in [2.75, 3.05) is 27.9 Å². The molecule has 1 N–H and O–H groups in total. The molecule has 0 atom stereocenters. The predicted octanol–water partition coefficient (Wildman–Crippen LogP) is 3.59. The van der Waals surface area contributed by atoms with Crippen molar-refractivity contribution in [3.63, 3.8) is 0 Å². The number of ether oxygens (including phenoxy) is 3. The Morgan fingerprint density at radius 2 is 1.76 bits per heavy atom. The van der Waals surface area contributed by atoms with Gasteiger partial charge in [0, 0.05) is 17.1 Å². The van der Waals surface area contributed by atoms with Crippen LogP contribution in [0.5, 0.6) is 17.2 Å². The average molecular weight is 412 g/mol. The topological polar surface area (TPSA) is 56.8 Å². The van der Waals surface area contributed by atoms with Crippen LogP contribution >= 0.6 is 15.9 Å². The summed E-state index contributed by atoms with van der Waals surface area (Å²) in [5, 5.41) is 2.71. The van der Waals surface area contributed by atoms with Crippen LogP contribution in [0.1, 0.15) is 15.9 Å². The van der Waals surface area contributed by atoms with Crippen LogP contribution in [0.2, 0.25) is 0 Å². The molecule has 0 aliphatic heterocycles. The van der Waals surface area contributed by atoms with E-state index in [1.54, 1.807) is 26.4 Å². The van der Waals surface area contributed by atoms with Gasteiger partial charge >= 0.3 is 0 Å². The number of hydrogen-bond donors (Lipinski definition) is 1. The molecule has 0 aliphatic rings. The summed E-state index contributed by atoms with van der Waals surface area (Å²) in [4.78, 5) is 12.1. The summed E-state index contributed by atoms with van der Waals surface area (Å²) in [6.45, 7) is 0.346. The third kappa shape index (κ3) is 4.63. The van der Waals surface area contributed by atoms with Gasteiger partial charge in [0.2, 0.25) is 0 Å². The number of benzene rings is 2. The summed E-state index contributed by atoms with van der Waals surface area (Å²) >= 11 is 3.47. The lowest BCUT2D eigenvalue weighted by Gasteiger charge is -2.12. The van der Waals surface area contributed by atoms with Crippen LogP contribution < -0.4 is 19.5 Å². The summed E-state index contributed by atoms with van der Waals surface area (Å²) in [7, 11) is 4.56. The van der Waals surface area contributed by atoms with Gasteiger partial charge in [-0.1, -0.05) is 15.9 Å². The molecule has 0 saturated heterocycles. The number of hydrogen-bond acceptors (Lipinski definition) is 4. The van der Waals surface area contributed by atoms with E-state index in [0.29, 0.717) is 30.2 Å². The van der Waals surface area contributed by atoms with E-state index in [4.69, 9.17) is 14.2 Å². The zero-order valence-electron chi connectivity index (χ0n) is 14.2. The lowest BCUT2D eigenvalue weighted by molar-refractivity contribution is 0.0950. The normalized spacial score (nSPS) is 10.3. The van der Waals surface area contributed by atoms with Gasteiger partial charge < -0.3 is 19.5 Å². The van der Waals surface area contributed by atoms with Crippen LogP contribution in [0.25, 0.3) is 0 Å². The van der Waals surface area contributed by atoms with E-state index in [1.807, 2.05) is 6.07 Å². The number of nitrogens with one attached hydrogen (secondary N) is 1. The Bertz CT molecular complexity index is 767. The lowest BCUT2D eigenvalue weighted by atomic mass is 10.1. The van der Waals surface area contributed by atoms with Crippen molar-refractivity contribution in [1.82, 2.24) is 5.32 Å². The molecule has 0 unspecified atom stereocenters. The second-order valence-corrected chi connectivity index (χ2v) is 6.00. The molecular weight excluding hydrogens is 393 g/mol. The molecule has 0 bridgehead atoms. The smallest absolute Gasteiger partial charge is 0.254 e. The van der Waals surface area contributed by atoms with Crippen molar-refractivity contribution in [1.29, 1.82) is 0 Å². The van der Waals surface area contributed by atoms with Gasteiger partial charge in [-0.05, 0) is 36.2 Å². The van der Waals surface area contributed by atoms with Crippen LogP contribution in [0.3, 0.4) is 0 Å². The maximum absolute atomic E-state index is 13.9. The molecule has 0 radical (unpaired) electrons. The van der Waals surface area contributed by atoms with Gasteiger partial charge in [0.1, 0.15) is 11.6 Å². The lowest BCUT2D eigenvalue weighted by Crippen LogP contribution is -2.26. The number of methoxy groups -OCH3 is 3. The van der Waals surface area contributed by atoms with Gasteiger partial charge in [-0.25, -0.2) is 4.39 Å². The summed E-state index contributed by atoms with van der Waals surface area (Å²) in [5.74, 6) is 0.486. The zero-order valence-corrected chi connectivity index (χ0v) is 15.8. The summed E-state index contributed by atoms with van der Waals surface area (Å²) in [6.07, 6.45) is 0.546. The predicted molar refractivity (Wildman–Crippen MR) is 96.2 cm³/mol. The van der Waals surface area contributed by atoms with Crippen molar-refractivity contribution < 1.29 is 23.4 Å².